The highest BCUT2D eigenvalue weighted by Gasteiger charge is 2.36. The molecule has 2 aromatic heterocycles. The van der Waals surface area contributed by atoms with Crippen LogP contribution >= 0.6 is 0 Å². The molecule has 0 aliphatic rings. The molecule has 3 aromatic carbocycles. The molecular weight excluding hydrogens is 574 g/mol. The molecule has 0 saturated heterocycles. The third-order valence-electron chi connectivity index (χ3n) is 6.81. The Balaban J connectivity index is 1.56. The van der Waals surface area contributed by atoms with Crippen LogP contribution in [0.4, 0.5) is 26.3 Å². The standard InChI is InChI=1S/C31H22F6N4O2/c32-20-10-17(11-21(33)15-20)12-25(29-22(5-3-9-39-29)18-7-8-24(34)23(13-18)30(38)43)40-28(42)16-41-26-6-2-1-4-19(26)14-27(41)31(35,36)37/h1-11,13-15,25H,12,16H2,(H2,38,43)(H,40,42). The second-order valence-corrected chi connectivity index (χ2v) is 9.77. The lowest BCUT2D eigenvalue weighted by Crippen LogP contribution is -2.34. The second kappa shape index (κ2) is 11.6. The number of alkyl halides is 3. The SMILES string of the molecule is NC(=O)c1cc(-c2cccnc2C(Cc2cc(F)cc(F)c2)NC(=O)Cn2c(C(F)(F)F)cc3ccccc32)ccc1F. The molecule has 2 amide bonds. The van der Waals surface area contributed by atoms with Gasteiger partial charge in [-0.3, -0.25) is 14.6 Å². The van der Waals surface area contributed by atoms with E-state index >= 15 is 0 Å². The maximum Gasteiger partial charge on any atom is 0.431 e. The van der Waals surface area contributed by atoms with E-state index in [1.54, 1.807) is 18.2 Å². The smallest absolute Gasteiger partial charge is 0.366 e. The maximum absolute atomic E-state index is 14.2. The molecule has 12 heteroatoms. The van der Waals surface area contributed by atoms with Gasteiger partial charge < -0.3 is 15.6 Å². The van der Waals surface area contributed by atoms with Crippen LogP contribution in [0.25, 0.3) is 22.0 Å². The minimum absolute atomic E-state index is 0.124. The monoisotopic (exact) mass is 596 g/mol. The molecule has 0 spiro atoms. The number of pyridine rings is 1. The van der Waals surface area contributed by atoms with E-state index < -0.39 is 59.3 Å². The Morgan fingerprint density at radius 1 is 0.907 bits per heavy atom. The summed E-state index contributed by atoms with van der Waals surface area (Å²) >= 11 is 0. The molecule has 5 aromatic rings. The van der Waals surface area contributed by atoms with Crippen molar-refractivity contribution in [1.29, 1.82) is 0 Å². The van der Waals surface area contributed by atoms with Crippen LogP contribution in [0.5, 0.6) is 0 Å². The van der Waals surface area contributed by atoms with Crippen molar-refractivity contribution in [3.63, 3.8) is 0 Å². The first-order chi connectivity index (χ1) is 20.4. The quantitative estimate of drug-likeness (QED) is 0.205. The second-order valence-electron chi connectivity index (χ2n) is 9.77. The van der Waals surface area contributed by atoms with Crippen molar-refractivity contribution in [1.82, 2.24) is 14.9 Å². The summed E-state index contributed by atoms with van der Waals surface area (Å²) < 4.78 is 84.9. The number of benzene rings is 3. The van der Waals surface area contributed by atoms with Gasteiger partial charge in [0.2, 0.25) is 5.91 Å². The molecule has 2 heterocycles. The van der Waals surface area contributed by atoms with Gasteiger partial charge in [-0.2, -0.15) is 13.2 Å². The van der Waals surface area contributed by atoms with Crippen LogP contribution in [0.2, 0.25) is 0 Å². The van der Waals surface area contributed by atoms with Crippen molar-refractivity contribution < 1.29 is 35.9 Å². The predicted molar refractivity (Wildman–Crippen MR) is 146 cm³/mol. The van der Waals surface area contributed by atoms with Crippen LogP contribution < -0.4 is 11.1 Å². The van der Waals surface area contributed by atoms with Gasteiger partial charge in [0, 0.05) is 28.7 Å². The lowest BCUT2D eigenvalue weighted by Gasteiger charge is -2.22. The first-order valence-corrected chi connectivity index (χ1v) is 12.8. The van der Waals surface area contributed by atoms with Gasteiger partial charge in [-0.15, -0.1) is 0 Å². The lowest BCUT2D eigenvalue weighted by atomic mass is 9.94. The summed E-state index contributed by atoms with van der Waals surface area (Å²) in [6.45, 7) is -0.735. The predicted octanol–water partition coefficient (Wildman–Crippen LogP) is 6.34. The van der Waals surface area contributed by atoms with Crippen LogP contribution in [-0.4, -0.2) is 21.4 Å². The van der Waals surface area contributed by atoms with E-state index in [2.05, 4.69) is 10.3 Å². The normalized spacial score (nSPS) is 12.3. The molecule has 0 aliphatic carbocycles. The zero-order valence-electron chi connectivity index (χ0n) is 22.1. The molecule has 0 aliphatic heterocycles. The molecule has 0 radical (unpaired) electrons. The molecular formula is C31H22F6N4O2. The Morgan fingerprint density at radius 2 is 1.63 bits per heavy atom. The third-order valence-corrected chi connectivity index (χ3v) is 6.81. The highest BCUT2D eigenvalue weighted by molar-refractivity contribution is 5.94. The van der Waals surface area contributed by atoms with Crippen molar-refractivity contribution in [3.8, 4) is 11.1 Å². The molecule has 220 valence electrons. The molecule has 1 unspecified atom stereocenters. The van der Waals surface area contributed by atoms with Gasteiger partial charge in [0.15, 0.2) is 0 Å². The van der Waals surface area contributed by atoms with E-state index in [-0.39, 0.29) is 28.6 Å². The van der Waals surface area contributed by atoms with Gasteiger partial charge in [0.05, 0.1) is 17.3 Å². The van der Waals surface area contributed by atoms with Crippen molar-refractivity contribution in [2.45, 2.75) is 25.2 Å². The van der Waals surface area contributed by atoms with Gasteiger partial charge in [-0.25, -0.2) is 13.2 Å². The molecule has 5 rings (SSSR count). The summed E-state index contributed by atoms with van der Waals surface area (Å²) in [7, 11) is 0. The molecule has 1 atom stereocenters. The van der Waals surface area contributed by atoms with Crippen molar-refractivity contribution in [2.75, 3.05) is 0 Å². The molecule has 6 nitrogen and oxygen atoms in total. The fourth-order valence-electron chi connectivity index (χ4n) is 5.00. The topological polar surface area (TPSA) is 90.0 Å². The van der Waals surface area contributed by atoms with E-state index in [1.165, 1.54) is 36.5 Å². The number of carbonyl (C=O) groups is 2. The average Bonchev–Trinajstić information content (AvgIpc) is 3.31. The molecule has 3 N–H and O–H groups in total. The minimum Gasteiger partial charge on any atom is -0.366 e. The number of aromatic nitrogens is 2. The first-order valence-electron chi connectivity index (χ1n) is 12.8. The number of carbonyl (C=O) groups excluding carboxylic acids is 2. The number of primary amides is 1. The fraction of sp³-hybridized carbons (Fsp3) is 0.129. The number of amides is 2. The fourth-order valence-corrected chi connectivity index (χ4v) is 5.00. The van der Waals surface area contributed by atoms with E-state index in [0.717, 1.165) is 28.8 Å². The molecule has 0 bridgehead atoms. The summed E-state index contributed by atoms with van der Waals surface area (Å²) in [4.78, 5) is 29.5. The summed E-state index contributed by atoms with van der Waals surface area (Å²) in [5.41, 5.74) is 4.92. The molecule has 0 fully saturated rings. The number of rotatable bonds is 8. The van der Waals surface area contributed by atoms with Crippen LogP contribution in [0, 0.1) is 17.5 Å². The van der Waals surface area contributed by atoms with Crippen molar-refractivity contribution >= 4 is 22.7 Å². The molecule has 43 heavy (non-hydrogen) atoms. The summed E-state index contributed by atoms with van der Waals surface area (Å²) in [6, 6.07) is 15.3. The number of hydrogen-bond donors (Lipinski definition) is 2. The third kappa shape index (κ3) is 6.37. The largest absolute Gasteiger partial charge is 0.431 e. The van der Waals surface area contributed by atoms with Crippen LogP contribution in [0.1, 0.15) is 33.4 Å². The van der Waals surface area contributed by atoms with Gasteiger partial charge in [-0.05, 0) is 60.0 Å². The number of para-hydroxylation sites is 1. The Morgan fingerprint density at radius 3 is 2.33 bits per heavy atom. The van der Waals surface area contributed by atoms with Crippen LogP contribution in [-0.2, 0) is 23.9 Å². The van der Waals surface area contributed by atoms with E-state index in [4.69, 9.17) is 5.73 Å². The van der Waals surface area contributed by atoms with Gasteiger partial charge in [0.25, 0.3) is 5.91 Å². The van der Waals surface area contributed by atoms with Gasteiger partial charge >= 0.3 is 6.18 Å². The Bertz CT molecular complexity index is 1830. The van der Waals surface area contributed by atoms with Crippen LogP contribution in [0.3, 0.4) is 0 Å². The van der Waals surface area contributed by atoms with Crippen LogP contribution in [0.15, 0.2) is 85.1 Å². The lowest BCUT2D eigenvalue weighted by molar-refractivity contribution is -0.143. The zero-order valence-corrected chi connectivity index (χ0v) is 22.1. The van der Waals surface area contributed by atoms with E-state index in [0.29, 0.717) is 17.2 Å². The highest BCUT2D eigenvalue weighted by Crippen LogP contribution is 2.34. The number of nitrogens with zero attached hydrogens (tertiary/aromatic N) is 2. The number of nitrogens with two attached hydrogens (primary N) is 1. The molecule has 0 saturated carbocycles. The van der Waals surface area contributed by atoms with Crippen molar-refractivity contribution in [2.24, 2.45) is 5.73 Å². The summed E-state index contributed by atoms with van der Waals surface area (Å²) in [5.74, 6) is -4.48. The van der Waals surface area contributed by atoms with E-state index in [9.17, 15) is 35.9 Å². The highest BCUT2D eigenvalue weighted by atomic mass is 19.4. The minimum atomic E-state index is -4.76. The summed E-state index contributed by atoms with van der Waals surface area (Å²) in [5, 5.41) is 2.94. The Labute approximate surface area is 240 Å². The Kier molecular flexibility index (Phi) is 7.94. The van der Waals surface area contributed by atoms with E-state index in [1.807, 2.05) is 0 Å². The maximum atomic E-state index is 14.2. The number of fused-ring (bicyclic) bond motifs is 1. The number of nitrogens with one attached hydrogen (secondary N) is 1. The van der Waals surface area contributed by atoms with Gasteiger partial charge in [0.1, 0.15) is 29.7 Å². The number of halogens is 6. The van der Waals surface area contributed by atoms with Gasteiger partial charge in [-0.1, -0.05) is 30.3 Å². The Hall–Kier alpha value is -5.13. The first kappa shape index (κ1) is 29.4. The summed E-state index contributed by atoms with van der Waals surface area (Å²) in [6.07, 6.45) is -3.59. The average molecular weight is 597 g/mol. The zero-order chi connectivity index (χ0) is 30.9. The van der Waals surface area contributed by atoms with Crippen molar-refractivity contribution in [3.05, 3.63) is 125 Å². The number of hydrogen-bond acceptors (Lipinski definition) is 3.